The van der Waals surface area contributed by atoms with Gasteiger partial charge in [0.05, 0.1) is 6.04 Å². The molecule has 3 atom stereocenters. The normalized spacial score (nSPS) is 16.5. The lowest BCUT2D eigenvalue weighted by Crippen LogP contribution is -2.57. The average molecular weight is 509 g/mol. The fraction of sp³-hybridized carbons (Fsp3) is 0.400. The molecule has 0 saturated heterocycles. The highest BCUT2D eigenvalue weighted by atomic mass is 35.5. The van der Waals surface area contributed by atoms with Gasteiger partial charge in [0.25, 0.3) is 5.91 Å². The largest absolute Gasteiger partial charge is 0.342 e. The molecule has 2 aromatic rings. The van der Waals surface area contributed by atoms with Crippen LogP contribution >= 0.6 is 12.4 Å². The molecular formula is C25H31ClF2N4O3. The number of nitrogens with zero attached hydrogens (tertiary/aromatic N) is 1. The molecule has 2 aromatic carbocycles. The molecule has 7 nitrogen and oxygen atoms in total. The third kappa shape index (κ3) is 5.97. The second kappa shape index (κ2) is 11.1. The Morgan fingerprint density at radius 1 is 1.03 bits per heavy atom. The van der Waals surface area contributed by atoms with Crippen molar-refractivity contribution < 1.29 is 23.2 Å². The summed E-state index contributed by atoms with van der Waals surface area (Å²) in [6.45, 7) is 7.23. The van der Waals surface area contributed by atoms with E-state index in [2.05, 4.69) is 16.0 Å². The summed E-state index contributed by atoms with van der Waals surface area (Å²) in [5.74, 6) is -3.40. The number of benzene rings is 2. The van der Waals surface area contributed by atoms with Gasteiger partial charge in [0.15, 0.2) is 0 Å². The molecule has 0 radical (unpaired) electrons. The van der Waals surface area contributed by atoms with E-state index in [-0.39, 0.29) is 24.9 Å². The molecule has 35 heavy (non-hydrogen) atoms. The second-order valence-corrected chi connectivity index (χ2v) is 9.47. The van der Waals surface area contributed by atoms with Crippen LogP contribution in [0.2, 0.25) is 0 Å². The van der Waals surface area contributed by atoms with Crippen molar-refractivity contribution >= 4 is 35.8 Å². The summed E-state index contributed by atoms with van der Waals surface area (Å²) < 4.78 is 28.4. The topological polar surface area (TPSA) is 90.5 Å². The van der Waals surface area contributed by atoms with Crippen LogP contribution in [0.15, 0.2) is 42.5 Å². The molecule has 0 saturated carbocycles. The van der Waals surface area contributed by atoms with Gasteiger partial charge in [0.2, 0.25) is 11.8 Å². The van der Waals surface area contributed by atoms with Gasteiger partial charge in [-0.15, -0.1) is 12.4 Å². The lowest BCUT2D eigenvalue weighted by Gasteiger charge is -2.36. The molecule has 0 aromatic heterocycles. The first-order valence-electron chi connectivity index (χ1n) is 11.1. The van der Waals surface area contributed by atoms with Crippen molar-refractivity contribution in [3.8, 4) is 0 Å². The molecule has 0 fully saturated rings. The van der Waals surface area contributed by atoms with Crippen molar-refractivity contribution in [2.75, 3.05) is 12.4 Å². The summed E-state index contributed by atoms with van der Waals surface area (Å²) in [6, 6.07) is 7.71. The van der Waals surface area contributed by atoms with Gasteiger partial charge in [0.1, 0.15) is 29.4 Å². The number of para-hydroxylation sites is 1. The third-order valence-electron chi connectivity index (χ3n) is 5.97. The Labute approximate surface area is 210 Å². The van der Waals surface area contributed by atoms with Crippen molar-refractivity contribution in [2.45, 2.75) is 52.4 Å². The number of halogens is 3. The molecule has 0 aliphatic carbocycles. The Bertz CT molecular complexity index is 1090. The van der Waals surface area contributed by atoms with Crippen LogP contribution in [0.3, 0.4) is 0 Å². The van der Waals surface area contributed by atoms with E-state index in [9.17, 15) is 23.2 Å². The van der Waals surface area contributed by atoms with Crippen LogP contribution in [0.4, 0.5) is 14.5 Å². The molecule has 0 bridgehead atoms. The third-order valence-corrected chi connectivity index (χ3v) is 5.97. The van der Waals surface area contributed by atoms with Crippen LogP contribution in [0.25, 0.3) is 0 Å². The van der Waals surface area contributed by atoms with Gasteiger partial charge in [-0.2, -0.15) is 0 Å². The average Bonchev–Trinajstić information content (AvgIpc) is 3.17. The number of carbonyl (C=O) groups is 3. The van der Waals surface area contributed by atoms with E-state index in [1.54, 1.807) is 38.2 Å². The van der Waals surface area contributed by atoms with E-state index in [1.807, 2.05) is 20.8 Å². The van der Waals surface area contributed by atoms with Crippen LogP contribution < -0.4 is 16.0 Å². The zero-order valence-electron chi connectivity index (χ0n) is 20.3. The van der Waals surface area contributed by atoms with Crippen molar-refractivity contribution in [1.82, 2.24) is 15.5 Å². The second-order valence-electron chi connectivity index (χ2n) is 9.47. The van der Waals surface area contributed by atoms with Gasteiger partial charge in [-0.05, 0) is 42.6 Å². The smallest absolute Gasteiger partial charge is 0.252 e. The summed E-state index contributed by atoms with van der Waals surface area (Å²) in [5, 5.41) is 7.94. The highest BCUT2D eigenvalue weighted by Crippen LogP contribution is 2.37. The fourth-order valence-electron chi connectivity index (χ4n) is 3.90. The van der Waals surface area contributed by atoms with Crippen molar-refractivity contribution in [2.24, 2.45) is 5.41 Å². The minimum absolute atomic E-state index is 0. The van der Waals surface area contributed by atoms with E-state index in [0.29, 0.717) is 5.56 Å². The number of fused-ring (bicyclic) bond motifs is 1. The highest BCUT2D eigenvalue weighted by Gasteiger charge is 2.44. The van der Waals surface area contributed by atoms with Crippen LogP contribution in [0.1, 0.15) is 44.9 Å². The van der Waals surface area contributed by atoms with Gasteiger partial charge >= 0.3 is 0 Å². The molecule has 1 heterocycles. The number of hydrogen-bond donors (Lipinski definition) is 3. The molecule has 0 spiro atoms. The SMILES string of the molecule is CN[C@@H](C)C(=O)N[C@H](C(=O)N1Cc2ccccc2C1C(=O)Nc1c(F)cccc1F)C(C)(C)C.Cl. The minimum atomic E-state index is -1.12. The molecule has 3 amide bonds. The molecule has 1 unspecified atom stereocenters. The van der Waals surface area contributed by atoms with Crippen molar-refractivity contribution in [3.05, 3.63) is 65.2 Å². The van der Waals surface area contributed by atoms with E-state index in [0.717, 1.165) is 17.7 Å². The predicted octanol–water partition coefficient (Wildman–Crippen LogP) is 3.55. The maximum atomic E-state index is 14.2. The Kier molecular flexibility index (Phi) is 8.97. The number of nitrogens with one attached hydrogen (secondary N) is 3. The summed E-state index contributed by atoms with van der Waals surface area (Å²) in [7, 11) is 1.64. The Morgan fingerprint density at radius 3 is 2.20 bits per heavy atom. The van der Waals surface area contributed by atoms with Crippen LogP contribution in [-0.4, -0.2) is 41.8 Å². The Balaban J connectivity index is 0.00000432. The lowest BCUT2D eigenvalue weighted by molar-refractivity contribution is -0.144. The first kappa shape index (κ1) is 28.2. The summed E-state index contributed by atoms with van der Waals surface area (Å²) in [5.41, 5.74) is 0.0567. The van der Waals surface area contributed by atoms with Crippen molar-refractivity contribution in [3.63, 3.8) is 0 Å². The molecule has 10 heteroatoms. The number of likely N-dealkylation sites (N-methyl/N-ethyl adjacent to an activating group) is 1. The summed E-state index contributed by atoms with van der Waals surface area (Å²) in [6.07, 6.45) is 0. The van der Waals surface area contributed by atoms with Gasteiger partial charge in [-0.1, -0.05) is 51.1 Å². The summed E-state index contributed by atoms with van der Waals surface area (Å²) in [4.78, 5) is 41.0. The maximum Gasteiger partial charge on any atom is 0.252 e. The number of amides is 3. The standard InChI is InChI=1S/C25H30F2N4O3.ClH/c1-14(28-5)22(32)30-21(25(2,3)4)24(34)31-13-15-9-6-7-10-16(15)20(31)23(33)29-19-17(26)11-8-12-18(19)27;/h6-12,14,20-21,28H,13H2,1-5H3,(H,29,33)(H,30,32);1H/t14-,20?,21+;/m0./s1. The van der Waals surface area contributed by atoms with Gasteiger partial charge in [-0.25, -0.2) is 8.78 Å². The van der Waals surface area contributed by atoms with Crippen LogP contribution in [0, 0.1) is 17.0 Å². The Hall–Kier alpha value is -3.04. The van der Waals surface area contributed by atoms with E-state index in [4.69, 9.17) is 0 Å². The number of anilines is 1. The molecule has 190 valence electrons. The molecule has 1 aliphatic heterocycles. The quantitative estimate of drug-likeness (QED) is 0.556. The first-order chi connectivity index (χ1) is 16.0. The van der Waals surface area contributed by atoms with Crippen LogP contribution in [-0.2, 0) is 20.9 Å². The zero-order chi connectivity index (χ0) is 25.2. The molecule has 1 aliphatic rings. The number of carbonyl (C=O) groups excluding carboxylic acids is 3. The van der Waals surface area contributed by atoms with Gasteiger partial charge in [0, 0.05) is 6.54 Å². The first-order valence-corrected chi connectivity index (χ1v) is 11.1. The van der Waals surface area contributed by atoms with Crippen LogP contribution in [0.5, 0.6) is 0 Å². The lowest BCUT2D eigenvalue weighted by atomic mass is 9.85. The maximum absolute atomic E-state index is 14.2. The molecule has 3 rings (SSSR count). The van der Waals surface area contributed by atoms with E-state index >= 15 is 0 Å². The zero-order valence-corrected chi connectivity index (χ0v) is 21.1. The highest BCUT2D eigenvalue weighted by molar-refractivity contribution is 6.00. The number of rotatable bonds is 6. The van der Waals surface area contributed by atoms with E-state index in [1.165, 1.54) is 11.0 Å². The molecular weight excluding hydrogens is 478 g/mol. The Morgan fingerprint density at radius 2 is 1.63 bits per heavy atom. The summed E-state index contributed by atoms with van der Waals surface area (Å²) >= 11 is 0. The fourth-order valence-corrected chi connectivity index (χ4v) is 3.90. The number of hydrogen-bond acceptors (Lipinski definition) is 4. The minimum Gasteiger partial charge on any atom is -0.342 e. The predicted molar refractivity (Wildman–Crippen MR) is 132 cm³/mol. The van der Waals surface area contributed by atoms with Crippen molar-refractivity contribution in [1.29, 1.82) is 0 Å². The molecule has 3 N–H and O–H groups in total. The van der Waals surface area contributed by atoms with E-state index < -0.39 is 52.7 Å². The van der Waals surface area contributed by atoms with Gasteiger partial charge < -0.3 is 20.9 Å². The van der Waals surface area contributed by atoms with Gasteiger partial charge in [-0.3, -0.25) is 14.4 Å². The monoisotopic (exact) mass is 508 g/mol.